The van der Waals surface area contributed by atoms with Gasteiger partial charge in [-0.25, -0.2) is 0 Å². The summed E-state index contributed by atoms with van der Waals surface area (Å²) in [6, 6.07) is 6.58. The number of carbonyl (C=O) groups is 1. The number of alkyl halides is 2. The van der Waals surface area contributed by atoms with Crippen molar-refractivity contribution in [2.45, 2.75) is 70.6 Å². The van der Waals surface area contributed by atoms with Crippen LogP contribution in [0.15, 0.2) is 33.3 Å². The number of amides is 1. The maximum absolute atomic E-state index is 15.4. The largest absolute Gasteiger partial charge is 0.360 e. The summed E-state index contributed by atoms with van der Waals surface area (Å²) in [5.74, 6) is -4.00. The van der Waals surface area contributed by atoms with E-state index in [-0.39, 0.29) is 24.7 Å². The molecule has 6 nitrogen and oxygen atoms in total. The molecule has 1 N–H and O–H groups in total. The van der Waals surface area contributed by atoms with E-state index in [4.69, 9.17) is 20.6 Å². The molecule has 0 aliphatic heterocycles. The van der Waals surface area contributed by atoms with Gasteiger partial charge in [-0.15, -0.1) is 0 Å². The Hall–Kier alpha value is -2.74. The van der Waals surface area contributed by atoms with Crippen molar-refractivity contribution in [3.8, 4) is 0 Å². The summed E-state index contributed by atoms with van der Waals surface area (Å²) in [4.78, 5) is 12.4. The van der Waals surface area contributed by atoms with Crippen LogP contribution >= 0.6 is 11.6 Å². The molecule has 0 spiro atoms. The minimum atomic E-state index is -3.49. The number of nitrogens with one attached hydrogen (secondary N) is 1. The van der Waals surface area contributed by atoms with Crippen LogP contribution in [0.1, 0.15) is 80.0 Å². The molecule has 1 fully saturated rings. The Morgan fingerprint density at radius 3 is 2.52 bits per heavy atom. The molecule has 0 unspecified atom stereocenters. The van der Waals surface area contributed by atoms with Gasteiger partial charge in [-0.3, -0.25) is 4.79 Å². The highest BCUT2D eigenvalue weighted by Crippen LogP contribution is 2.49. The van der Waals surface area contributed by atoms with Gasteiger partial charge in [0.2, 0.25) is 11.7 Å². The van der Waals surface area contributed by atoms with Crippen LogP contribution in [0.2, 0.25) is 5.02 Å². The Balaban J connectivity index is 1.52. The summed E-state index contributed by atoms with van der Waals surface area (Å²) in [5.41, 5.74) is 1.26. The summed E-state index contributed by atoms with van der Waals surface area (Å²) in [6.07, 6.45) is 1.77. The maximum atomic E-state index is 15.4. The van der Waals surface area contributed by atoms with Crippen LogP contribution in [0.3, 0.4) is 0 Å². The van der Waals surface area contributed by atoms with Gasteiger partial charge in [-0.05, 0) is 43.4 Å². The number of hydrogen-bond acceptors (Lipinski definition) is 5. The Bertz CT molecular complexity index is 1180. The van der Waals surface area contributed by atoms with Crippen molar-refractivity contribution in [3.63, 3.8) is 0 Å². The SMILES string of the molecule is Cc1ccc(NC(=O)CCc2noc(C(F)(F)c3cc(C(C)(C)C)on3)c2C2CC2)c(Cl)c1. The smallest absolute Gasteiger partial charge is 0.352 e. The fraction of sp³-hybridized carbons (Fsp3) is 0.458. The summed E-state index contributed by atoms with van der Waals surface area (Å²) < 4.78 is 41.0. The second-order valence-electron chi connectivity index (χ2n) is 9.58. The first-order chi connectivity index (χ1) is 15.5. The number of halogens is 3. The first kappa shape index (κ1) is 23.4. The number of aromatic nitrogens is 2. The highest BCUT2D eigenvalue weighted by Gasteiger charge is 2.48. The topological polar surface area (TPSA) is 81.2 Å². The zero-order valence-electron chi connectivity index (χ0n) is 19.0. The van der Waals surface area contributed by atoms with Gasteiger partial charge < -0.3 is 14.4 Å². The molecule has 1 saturated carbocycles. The third-order valence-corrected chi connectivity index (χ3v) is 5.94. The third kappa shape index (κ3) is 4.95. The van der Waals surface area contributed by atoms with Crippen LogP contribution in [0, 0.1) is 6.92 Å². The monoisotopic (exact) mass is 477 g/mol. The van der Waals surface area contributed by atoms with Gasteiger partial charge in [-0.1, -0.05) is 48.8 Å². The van der Waals surface area contributed by atoms with Gasteiger partial charge >= 0.3 is 5.92 Å². The predicted molar refractivity (Wildman–Crippen MR) is 120 cm³/mol. The quantitative estimate of drug-likeness (QED) is 0.419. The summed E-state index contributed by atoms with van der Waals surface area (Å²) in [6.45, 7) is 7.46. The van der Waals surface area contributed by atoms with Crippen LogP contribution in [0.5, 0.6) is 0 Å². The van der Waals surface area contributed by atoms with Crippen molar-refractivity contribution >= 4 is 23.2 Å². The first-order valence-electron chi connectivity index (χ1n) is 10.9. The molecule has 2 aromatic heterocycles. The standard InChI is InChI=1S/C24H26ClF2N3O3/c1-13-5-8-16(15(25)11-13)28-20(31)10-9-17-21(14-6-7-14)22(33-29-17)24(26,27)18-12-19(32-30-18)23(2,3)4/h5,8,11-12,14H,6-7,9-10H2,1-4H3,(H,28,31). The summed E-state index contributed by atoms with van der Waals surface area (Å²) in [7, 11) is 0. The zero-order valence-corrected chi connectivity index (χ0v) is 19.7. The van der Waals surface area contributed by atoms with E-state index in [2.05, 4.69) is 15.6 Å². The van der Waals surface area contributed by atoms with Gasteiger partial charge in [0.25, 0.3) is 0 Å². The van der Waals surface area contributed by atoms with Crippen molar-refractivity contribution in [1.82, 2.24) is 10.3 Å². The second kappa shape index (κ2) is 8.56. The van der Waals surface area contributed by atoms with E-state index >= 15 is 8.78 Å². The van der Waals surface area contributed by atoms with Crippen LogP contribution in [0.4, 0.5) is 14.5 Å². The van der Waals surface area contributed by atoms with Crippen LogP contribution < -0.4 is 5.32 Å². The Morgan fingerprint density at radius 1 is 1.18 bits per heavy atom. The number of benzene rings is 1. The van der Waals surface area contributed by atoms with E-state index in [0.29, 0.717) is 27.7 Å². The van der Waals surface area contributed by atoms with Crippen molar-refractivity contribution in [2.75, 3.05) is 5.32 Å². The highest BCUT2D eigenvalue weighted by molar-refractivity contribution is 6.33. The molecule has 9 heteroatoms. The predicted octanol–water partition coefficient (Wildman–Crippen LogP) is 6.51. The van der Waals surface area contributed by atoms with Crippen molar-refractivity contribution in [2.24, 2.45) is 0 Å². The van der Waals surface area contributed by atoms with E-state index in [9.17, 15) is 4.79 Å². The normalized spacial score (nSPS) is 14.5. The molecule has 0 bridgehead atoms. The van der Waals surface area contributed by atoms with Gasteiger partial charge in [0.05, 0.1) is 16.4 Å². The highest BCUT2D eigenvalue weighted by atomic mass is 35.5. The Kier molecular flexibility index (Phi) is 6.07. The van der Waals surface area contributed by atoms with Crippen molar-refractivity contribution in [3.05, 3.63) is 63.3 Å². The fourth-order valence-electron chi connectivity index (χ4n) is 3.59. The molecule has 0 radical (unpaired) electrons. The first-order valence-corrected chi connectivity index (χ1v) is 11.2. The molecule has 2 heterocycles. The molecule has 1 aliphatic rings. The maximum Gasteiger partial charge on any atom is 0.352 e. The number of nitrogens with zero attached hydrogens (tertiary/aromatic N) is 2. The molecule has 4 rings (SSSR count). The average molecular weight is 478 g/mol. The number of hydrogen-bond donors (Lipinski definition) is 1. The lowest BCUT2D eigenvalue weighted by Gasteiger charge is -2.13. The van der Waals surface area contributed by atoms with Gasteiger partial charge in [-0.2, -0.15) is 8.78 Å². The van der Waals surface area contributed by atoms with E-state index in [1.165, 1.54) is 6.07 Å². The number of anilines is 1. The minimum Gasteiger partial charge on any atom is -0.360 e. The van der Waals surface area contributed by atoms with Crippen LogP contribution in [-0.2, 0) is 22.6 Å². The Labute approximate surface area is 195 Å². The number of rotatable bonds is 7. The molecule has 3 aromatic rings. The molecule has 1 aliphatic carbocycles. The lowest BCUT2D eigenvalue weighted by Crippen LogP contribution is -2.18. The number of aryl methyl sites for hydroxylation is 2. The molecule has 0 atom stereocenters. The van der Waals surface area contributed by atoms with E-state index in [1.54, 1.807) is 12.1 Å². The number of carbonyl (C=O) groups excluding carboxylic acids is 1. The third-order valence-electron chi connectivity index (χ3n) is 5.63. The van der Waals surface area contributed by atoms with Gasteiger partial charge in [0.1, 0.15) is 5.76 Å². The van der Waals surface area contributed by atoms with Crippen LogP contribution in [0.25, 0.3) is 0 Å². The van der Waals surface area contributed by atoms with E-state index in [0.717, 1.165) is 18.4 Å². The fourth-order valence-corrected chi connectivity index (χ4v) is 3.87. The molecule has 176 valence electrons. The van der Waals surface area contributed by atoms with Crippen molar-refractivity contribution in [1.29, 1.82) is 0 Å². The van der Waals surface area contributed by atoms with Crippen molar-refractivity contribution < 1.29 is 22.6 Å². The minimum absolute atomic E-state index is 0.0552. The van der Waals surface area contributed by atoms with Crippen LogP contribution in [-0.4, -0.2) is 16.2 Å². The molecule has 0 saturated heterocycles. The molecule has 1 aromatic carbocycles. The molecule has 33 heavy (non-hydrogen) atoms. The summed E-state index contributed by atoms with van der Waals surface area (Å²) in [5, 5.41) is 10.7. The van der Waals surface area contributed by atoms with E-state index in [1.807, 2.05) is 33.8 Å². The summed E-state index contributed by atoms with van der Waals surface area (Å²) >= 11 is 6.17. The molecular weight excluding hydrogens is 452 g/mol. The second-order valence-corrected chi connectivity index (χ2v) is 9.99. The van der Waals surface area contributed by atoms with Gasteiger partial charge in [0, 0.05) is 29.9 Å². The zero-order chi connectivity index (χ0) is 24.0. The lowest BCUT2D eigenvalue weighted by atomic mass is 9.92. The lowest BCUT2D eigenvalue weighted by molar-refractivity contribution is -0.116. The average Bonchev–Trinajstić information content (AvgIpc) is 3.25. The Morgan fingerprint density at radius 2 is 1.91 bits per heavy atom. The molecule has 1 amide bonds. The van der Waals surface area contributed by atoms with E-state index < -0.39 is 22.8 Å². The molecular formula is C24H26ClF2N3O3. The van der Waals surface area contributed by atoms with Gasteiger partial charge in [0.15, 0.2) is 5.69 Å².